The molecule has 0 atom stereocenters. The minimum atomic E-state index is -4.16. The molecule has 2 aliphatic carbocycles. The Labute approximate surface area is 231 Å². The summed E-state index contributed by atoms with van der Waals surface area (Å²) < 4.78 is 34.6. The van der Waals surface area contributed by atoms with Gasteiger partial charge in [-0.1, -0.05) is 107 Å². The van der Waals surface area contributed by atoms with Crippen molar-refractivity contribution in [1.82, 2.24) is 9.55 Å². The van der Waals surface area contributed by atoms with Gasteiger partial charge in [0.15, 0.2) is 14.7 Å². The fourth-order valence-electron chi connectivity index (χ4n) is 5.97. The zero-order valence-electron chi connectivity index (χ0n) is 22.9. The summed E-state index contributed by atoms with van der Waals surface area (Å²) in [5.74, 6) is -1.84. The summed E-state index contributed by atoms with van der Waals surface area (Å²) in [6, 6.07) is 8.80. The molecule has 0 radical (unpaired) electrons. The van der Waals surface area contributed by atoms with Crippen LogP contribution in [0.25, 0.3) is 0 Å². The number of carbonyl (C=O) groups excluding carboxylic acids is 1. The van der Waals surface area contributed by atoms with Crippen molar-refractivity contribution in [3.63, 3.8) is 0 Å². The van der Waals surface area contributed by atoms with E-state index in [0.717, 1.165) is 82.6 Å². The molecule has 2 fully saturated rings. The highest BCUT2D eigenvalue weighted by Crippen LogP contribution is 2.35. The number of ether oxygens (including phenoxy) is 1. The Balaban J connectivity index is 1.75. The Kier molecular flexibility index (Phi) is 10.6. The normalized spacial score (nSPS) is 19.1. The van der Waals surface area contributed by atoms with Gasteiger partial charge in [0.05, 0.1) is 5.25 Å². The van der Waals surface area contributed by atoms with E-state index in [9.17, 15) is 23.1 Å². The summed E-state index contributed by atoms with van der Waals surface area (Å²) in [7, 11) is -4.16. The van der Waals surface area contributed by atoms with Gasteiger partial charge in [-0.05, 0) is 31.2 Å². The van der Waals surface area contributed by atoms with Gasteiger partial charge in [0.1, 0.15) is 6.61 Å². The first-order valence-corrected chi connectivity index (χ1v) is 16.2. The molecule has 4 rings (SSSR count). The maximum absolute atomic E-state index is 13.9. The Hall–Kier alpha value is -2.68. The van der Waals surface area contributed by atoms with Gasteiger partial charge in [0.25, 0.3) is 5.56 Å². The van der Waals surface area contributed by atoms with Gasteiger partial charge in [0, 0.05) is 6.04 Å². The van der Waals surface area contributed by atoms with Crippen LogP contribution in [0.4, 0.5) is 0 Å². The number of nitrogens with zero attached hydrogens (tertiary/aromatic N) is 2. The SMILES string of the molecule is O=C(OCc1ccccc1)c1nc(=O)c(S(=O)(=O)C2CCCCCCCC2)c(O)n1C1CCCCCCCC1. The van der Waals surface area contributed by atoms with E-state index in [0.29, 0.717) is 25.7 Å². The Morgan fingerprint density at radius 3 is 1.92 bits per heavy atom. The first-order chi connectivity index (χ1) is 18.9. The van der Waals surface area contributed by atoms with E-state index in [1.807, 2.05) is 30.3 Å². The lowest BCUT2D eigenvalue weighted by Crippen LogP contribution is -2.33. The topological polar surface area (TPSA) is 116 Å². The Bertz CT molecular complexity index is 1240. The lowest BCUT2D eigenvalue weighted by molar-refractivity contribution is 0.0442. The van der Waals surface area contributed by atoms with Gasteiger partial charge in [0.2, 0.25) is 11.7 Å². The number of carbonyl (C=O) groups is 1. The second kappa shape index (κ2) is 14.1. The highest BCUT2D eigenvalue weighted by Gasteiger charge is 2.37. The van der Waals surface area contributed by atoms with Crippen LogP contribution in [0.5, 0.6) is 5.88 Å². The zero-order valence-corrected chi connectivity index (χ0v) is 23.7. The molecule has 1 N–H and O–H groups in total. The summed E-state index contributed by atoms with van der Waals surface area (Å²) in [6.45, 7) is -0.0247. The van der Waals surface area contributed by atoms with E-state index in [4.69, 9.17) is 4.74 Å². The van der Waals surface area contributed by atoms with Gasteiger partial charge >= 0.3 is 5.97 Å². The molecule has 2 saturated carbocycles. The van der Waals surface area contributed by atoms with Crippen molar-refractivity contribution in [2.75, 3.05) is 0 Å². The quantitative estimate of drug-likeness (QED) is 0.416. The molecule has 0 unspecified atom stereocenters. The average Bonchev–Trinajstić information content (AvgIpc) is 3.16. The van der Waals surface area contributed by atoms with E-state index in [1.165, 1.54) is 4.57 Å². The van der Waals surface area contributed by atoms with Gasteiger partial charge < -0.3 is 9.84 Å². The van der Waals surface area contributed by atoms with Crippen molar-refractivity contribution in [2.45, 2.75) is 126 Å². The molecule has 8 nitrogen and oxygen atoms in total. The van der Waals surface area contributed by atoms with Crippen LogP contribution in [-0.4, -0.2) is 34.3 Å². The molecular formula is C30H42N2O6S. The number of aromatic hydroxyl groups is 1. The van der Waals surface area contributed by atoms with E-state index < -0.39 is 37.4 Å². The van der Waals surface area contributed by atoms with Crippen LogP contribution in [0.1, 0.15) is 125 Å². The number of esters is 1. The molecular weight excluding hydrogens is 516 g/mol. The largest absolute Gasteiger partial charge is 0.493 e. The third-order valence-electron chi connectivity index (χ3n) is 8.17. The van der Waals surface area contributed by atoms with Gasteiger partial charge in [-0.15, -0.1) is 0 Å². The molecule has 9 heteroatoms. The fourth-order valence-corrected chi connectivity index (χ4v) is 7.90. The number of aromatic nitrogens is 2. The Morgan fingerprint density at radius 1 is 0.846 bits per heavy atom. The van der Waals surface area contributed by atoms with Crippen molar-refractivity contribution in [1.29, 1.82) is 0 Å². The second-order valence-corrected chi connectivity index (χ2v) is 13.2. The molecule has 1 aromatic heterocycles. The minimum absolute atomic E-state index is 0.0247. The highest BCUT2D eigenvalue weighted by molar-refractivity contribution is 7.92. The molecule has 0 aliphatic heterocycles. The third-order valence-corrected chi connectivity index (χ3v) is 10.4. The number of benzene rings is 1. The van der Waals surface area contributed by atoms with Crippen molar-refractivity contribution in [3.8, 4) is 5.88 Å². The molecule has 0 spiro atoms. The van der Waals surface area contributed by atoms with Crippen LogP contribution in [-0.2, 0) is 21.2 Å². The molecule has 0 amide bonds. The van der Waals surface area contributed by atoms with Crippen molar-refractivity contribution < 1.29 is 23.1 Å². The molecule has 2 aromatic rings. The third kappa shape index (κ3) is 7.50. The lowest BCUT2D eigenvalue weighted by Gasteiger charge is -2.25. The fraction of sp³-hybridized carbons (Fsp3) is 0.633. The number of sulfone groups is 1. The Morgan fingerprint density at radius 2 is 1.36 bits per heavy atom. The molecule has 1 heterocycles. The predicted octanol–water partition coefficient (Wildman–Crippen LogP) is 6.26. The smallest absolute Gasteiger partial charge is 0.375 e. The number of hydrogen-bond donors (Lipinski definition) is 1. The summed E-state index contributed by atoms with van der Waals surface area (Å²) in [6.07, 6.45) is 13.8. The molecule has 39 heavy (non-hydrogen) atoms. The summed E-state index contributed by atoms with van der Waals surface area (Å²) in [5, 5.41) is 10.8. The summed E-state index contributed by atoms with van der Waals surface area (Å²) in [5.41, 5.74) is -0.316. The van der Waals surface area contributed by atoms with Crippen LogP contribution in [0.2, 0.25) is 0 Å². The molecule has 2 aliphatic rings. The molecule has 214 valence electrons. The van der Waals surface area contributed by atoms with Crippen LogP contribution in [0.3, 0.4) is 0 Å². The van der Waals surface area contributed by atoms with Gasteiger partial charge in [-0.3, -0.25) is 9.36 Å². The highest BCUT2D eigenvalue weighted by atomic mass is 32.2. The van der Waals surface area contributed by atoms with E-state index >= 15 is 0 Å². The van der Waals surface area contributed by atoms with Crippen LogP contribution >= 0.6 is 0 Å². The lowest BCUT2D eigenvalue weighted by atomic mass is 10.0. The van der Waals surface area contributed by atoms with Crippen LogP contribution in [0, 0.1) is 0 Å². The summed E-state index contributed by atoms with van der Waals surface area (Å²) >= 11 is 0. The van der Waals surface area contributed by atoms with Crippen LogP contribution < -0.4 is 5.56 Å². The van der Waals surface area contributed by atoms with Gasteiger partial charge in [-0.2, -0.15) is 4.98 Å². The summed E-state index contributed by atoms with van der Waals surface area (Å²) in [4.78, 5) is 29.9. The van der Waals surface area contributed by atoms with Gasteiger partial charge in [-0.25, -0.2) is 13.2 Å². The standard InChI is InChI=1S/C30H42N2O6S/c33-28-26(39(36,37)25-20-14-7-3-4-8-15-21-25)29(34)32(24-18-12-5-1-2-6-13-19-24)27(31-28)30(35)38-22-23-16-10-9-11-17-23/h9-11,16-17,24-25,34H,1-8,12-15,18-22H2. The van der Waals surface area contributed by atoms with Crippen molar-refractivity contribution >= 4 is 15.8 Å². The first kappa shape index (κ1) is 29.3. The average molecular weight is 559 g/mol. The van der Waals surface area contributed by atoms with Crippen molar-refractivity contribution in [3.05, 3.63) is 52.1 Å². The van der Waals surface area contributed by atoms with E-state index in [2.05, 4.69) is 4.98 Å². The minimum Gasteiger partial charge on any atom is -0.493 e. The maximum Gasteiger partial charge on any atom is 0.375 e. The van der Waals surface area contributed by atoms with Crippen molar-refractivity contribution in [2.24, 2.45) is 0 Å². The predicted molar refractivity (Wildman–Crippen MR) is 150 cm³/mol. The first-order valence-electron chi connectivity index (χ1n) is 14.7. The maximum atomic E-state index is 13.9. The monoisotopic (exact) mass is 558 g/mol. The molecule has 0 bridgehead atoms. The second-order valence-electron chi connectivity index (χ2n) is 11.0. The van der Waals surface area contributed by atoms with E-state index in [-0.39, 0.29) is 18.5 Å². The number of rotatable bonds is 6. The molecule has 0 saturated heterocycles. The zero-order chi connectivity index (χ0) is 27.7. The number of hydrogen-bond acceptors (Lipinski definition) is 7. The van der Waals surface area contributed by atoms with E-state index in [1.54, 1.807) is 0 Å². The van der Waals surface area contributed by atoms with Crippen LogP contribution in [0.15, 0.2) is 40.0 Å². The molecule has 1 aromatic carbocycles.